The van der Waals surface area contributed by atoms with E-state index in [1.807, 2.05) is 16.8 Å². The summed E-state index contributed by atoms with van der Waals surface area (Å²) in [6, 6.07) is 8.29. The summed E-state index contributed by atoms with van der Waals surface area (Å²) in [6.07, 6.45) is 0. The average Bonchev–Trinajstić information content (AvgIpc) is 2.83. The van der Waals surface area contributed by atoms with Crippen LogP contribution < -0.4 is 0 Å². The fourth-order valence-electron chi connectivity index (χ4n) is 2.40. The Kier molecular flexibility index (Phi) is 5.52. The standard InChI is InChI=1S/C15H23N3O2/c1-3-18-15-7-5-4-6-13(15)14(16-18)12-17(8-10-19)9-11-20-2/h4-7,19H,3,8-12H2,1-2H3. The molecule has 0 bridgehead atoms. The number of methoxy groups -OCH3 is 1. The van der Waals surface area contributed by atoms with Crippen LogP contribution in [0, 0.1) is 0 Å². The quantitative estimate of drug-likeness (QED) is 0.794. The van der Waals surface area contributed by atoms with Gasteiger partial charge < -0.3 is 9.84 Å². The Balaban J connectivity index is 2.22. The molecule has 0 radical (unpaired) electrons. The number of aromatic nitrogens is 2. The Morgan fingerprint density at radius 2 is 2.10 bits per heavy atom. The molecule has 0 spiro atoms. The molecule has 1 N–H and O–H groups in total. The molecule has 1 heterocycles. The van der Waals surface area contributed by atoms with Gasteiger partial charge >= 0.3 is 0 Å². The monoisotopic (exact) mass is 277 g/mol. The number of hydrogen-bond acceptors (Lipinski definition) is 4. The van der Waals surface area contributed by atoms with Crippen molar-refractivity contribution in [2.75, 3.05) is 33.4 Å². The van der Waals surface area contributed by atoms with E-state index in [4.69, 9.17) is 9.84 Å². The maximum atomic E-state index is 9.17. The highest BCUT2D eigenvalue weighted by Crippen LogP contribution is 2.19. The second-order valence-corrected chi connectivity index (χ2v) is 4.77. The zero-order valence-electron chi connectivity index (χ0n) is 12.2. The van der Waals surface area contributed by atoms with E-state index in [0.717, 1.165) is 25.3 Å². The van der Waals surface area contributed by atoms with E-state index in [1.54, 1.807) is 7.11 Å². The van der Waals surface area contributed by atoms with Crippen LogP contribution in [0.5, 0.6) is 0 Å². The number of ether oxygens (including phenoxy) is 1. The van der Waals surface area contributed by atoms with Crippen molar-refractivity contribution in [2.45, 2.75) is 20.0 Å². The van der Waals surface area contributed by atoms with Gasteiger partial charge in [-0.1, -0.05) is 18.2 Å². The number of rotatable bonds is 8. The third-order valence-electron chi connectivity index (χ3n) is 3.44. The maximum absolute atomic E-state index is 9.17. The zero-order chi connectivity index (χ0) is 14.4. The minimum Gasteiger partial charge on any atom is -0.395 e. The number of hydrogen-bond donors (Lipinski definition) is 1. The van der Waals surface area contributed by atoms with Gasteiger partial charge in [-0.05, 0) is 13.0 Å². The molecule has 0 atom stereocenters. The summed E-state index contributed by atoms with van der Waals surface area (Å²) in [5, 5.41) is 15.1. The van der Waals surface area contributed by atoms with Crippen LogP contribution in [-0.2, 0) is 17.8 Å². The number of benzene rings is 1. The fraction of sp³-hybridized carbons (Fsp3) is 0.533. The molecule has 110 valence electrons. The highest BCUT2D eigenvalue weighted by molar-refractivity contribution is 5.81. The van der Waals surface area contributed by atoms with Crippen molar-refractivity contribution in [3.05, 3.63) is 30.0 Å². The van der Waals surface area contributed by atoms with E-state index in [1.165, 1.54) is 10.9 Å². The minimum atomic E-state index is 0.149. The van der Waals surface area contributed by atoms with Crippen LogP contribution in [0.25, 0.3) is 10.9 Å². The summed E-state index contributed by atoms with van der Waals surface area (Å²) < 4.78 is 7.15. The first-order valence-electron chi connectivity index (χ1n) is 7.06. The molecule has 0 aliphatic rings. The molecule has 2 aromatic rings. The molecule has 0 saturated carbocycles. The summed E-state index contributed by atoms with van der Waals surface area (Å²) in [5.74, 6) is 0. The molecule has 2 rings (SSSR count). The first-order valence-corrected chi connectivity index (χ1v) is 7.06. The van der Waals surface area contributed by atoms with Crippen LogP contribution in [0.1, 0.15) is 12.6 Å². The van der Waals surface area contributed by atoms with E-state index < -0.39 is 0 Å². The molecular formula is C15H23N3O2. The van der Waals surface area contributed by atoms with Gasteiger partial charge in [-0.25, -0.2) is 0 Å². The number of aliphatic hydroxyl groups is 1. The Labute approximate surface area is 119 Å². The lowest BCUT2D eigenvalue weighted by Gasteiger charge is -2.19. The van der Waals surface area contributed by atoms with Gasteiger partial charge in [0.1, 0.15) is 0 Å². The van der Waals surface area contributed by atoms with Crippen molar-refractivity contribution < 1.29 is 9.84 Å². The first-order chi connectivity index (χ1) is 9.80. The Bertz CT molecular complexity index is 539. The van der Waals surface area contributed by atoms with Crippen molar-refractivity contribution in [3.63, 3.8) is 0 Å². The summed E-state index contributed by atoms with van der Waals surface area (Å²) in [7, 11) is 1.69. The lowest BCUT2D eigenvalue weighted by Crippen LogP contribution is -2.30. The van der Waals surface area contributed by atoms with Gasteiger partial charge in [0.05, 0.1) is 24.4 Å². The Hall–Kier alpha value is -1.43. The second kappa shape index (κ2) is 7.38. The second-order valence-electron chi connectivity index (χ2n) is 4.77. The molecule has 0 unspecified atom stereocenters. The Morgan fingerprint density at radius 1 is 1.30 bits per heavy atom. The highest BCUT2D eigenvalue weighted by Gasteiger charge is 2.13. The normalized spacial score (nSPS) is 11.6. The van der Waals surface area contributed by atoms with E-state index in [0.29, 0.717) is 13.2 Å². The van der Waals surface area contributed by atoms with Crippen molar-refractivity contribution >= 4 is 10.9 Å². The SMILES string of the molecule is CCn1nc(CN(CCO)CCOC)c2ccccc21. The van der Waals surface area contributed by atoms with Gasteiger partial charge in [0.2, 0.25) is 0 Å². The number of nitrogens with zero attached hydrogens (tertiary/aromatic N) is 3. The molecule has 20 heavy (non-hydrogen) atoms. The first kappa shape index (κ1) is 15.0. The van der Waals surface area contributed by atoms with Gasteiger partial charge in [-0.2, -0.15) is 5.10 Å². The fourth-order valence-corrected chi connectivity index (χ4v) is 2.40. The molecule has 1 aromatic carbocycles. The van der Waals surface area contributed by atoms with Gasteiger partial charge in [0.25, 0.3) is 0 Å². The van der Waals surface area contributed by atoms with Crippen LogP contribution in [0.15, 0.2) is 24.3 Å². The van der Waals surface area contributed by atoms with Crippen molar-refractivity contribution in [3.8, 4) is 0 Å². The van der Waals surface area contributed by atoms with E-state index in [9.17, 15) is 5.11 Å². The summed E-state index contributed by atoms with van der Waals surface area (Å²) in [6.45, 7) is 5.93. The summed E-state index contributed by atoms with van der Waals surface area (Å²) in [5.41, 5.74) is 2.23. The number of aryl methyl sites for hydroxylation is 1. The van der Waals surface area contributed by atoms with E-state index in [-0.39, 0.29) is 6.61 Å². The number of para-hydroxylation sites is 1. The average molecular weight is 277 g/mol. The van der Waals surface area contributed by atoms with Gasteiger partial charge in [-0.15, -0.1) is 0 Å². The molecule has 5 nitrogen and oxygen atoms in total. The minimum absolute atomic E-state index is 0.149. The predicted molar refractivity (Wildman–Crippen MR) is 79.6 cm³/mol. The molecule has 0 aliphatic carbocycles. The lowest BCUT2D eigenvalue weighted by molar-refractivity contribution is 0.126. The number of fused-ring (bicyclic) bond motifs is 1. The molecule has 1 aromatic heterocycles. The molecule has 5 heteroatoms. The lowest BCUT2D eigenvalue weighted by atomic mass is 10.2. The van der Waals surface area contributed by atoms with Gasteiger partial charge in [0, 0.05) is 38.7 Å². The topological polar surface area (TPSA) is 50.5 Å². The van der Waals surface area contributed by atoms with E-state index >= 15 is 0 Å². The summed E-state index contributed by atoms with van der Waals surface area (Å²) >= 11 is 0. The number of aliphatic hydroxyl groups excluding tert-OH is 1. The molecule has 0 saturated heterocycles. The summed E-state index contributed by atoms with van der Waals surface area (Å²) in [4.78, 5) is 2.16. The van der Waals surface area contributed by atoms with Crippen molar-refractivity contribution in [2.24, 2.45) is 0 Å². The van der Waals surface area contributed by atoms with E-state index in [2.05, 4.69) is 24.0 Å². The zero-order valence-corrected chi connectivity index (χ0v) is 12.2. The maximum Gasteiger partial charge on any atom is 0.0843 e. The van der Waals surface area contributed by atoms with Crippen molar-refractivity contribution in [1.29, 1.82) is 0 Å². The largest absolute Gasteiger partial charge is 0.395 e. The van der Waals surface area contributed by atoms with Crippen LogP contribution in [0.4, 0.5) is 0 Å². The van der Waals surface area contributed by atoms with Crippen LogP contribution in [-0.4, -0.2) is 53.2 Å². The van der Waals surface area contributed by atoms with Crippen molar-refractivity contribution in [1.82, 2.24) is 14.7 Å². The molecule has 0 amide bonds. The third-order valence-corrected chi connectivity index (χ3v) is 3.44. The van der Waals surface area contributed by atoms with Crippen LogP contribution in [0.3, 0.4) is 0 Å². The van der Waals surface area contributed by atoms with Crippen LogP contribution in [0.2, 0.25) is 0 Å². The molecule has 0 aliphatic heterocycles. The highest BCUT2D eigenvalue weighted by atomic mass is 16.5. The smallest absolute Gasteiger partial charge is 0.0843 e. The van der Waals surface area contributed by atoms with Gasteiger partial charge in [0.15, 0.2) is 0 Å². The van der Waals surface area contributed by atoms with Gasteiger partial charge in [-0.3, -0.25) is 9.58 Å². The predicted octanol–water partition coefficient (Wildman–Crippen LogP) is 1.50. The molecular weight excluding hydrogens is 254 g/mol. The Morgan fingerprint density at radius 3 is 2.80 bits per heavy atom. The third kappa shape index (κ3) is 3.36. The molecule has 0 fully saturated rings. The van der Waals surface area contributed by atoms with Crippen LogP contribution >= 0.6 is 0 Å².